The second-order valence-electron chi connectivity index (χ2n) is 5.29. The molecule has 0 spiro atoms. The predicted octanol–water partition coefficient (Wildman–Crippen LogP) is -0.944. The number of urea groups is 1. The molecule has 0 radical (unpaired) electrons. The number of amides is 2. The first-order valence-electron chi connectivity index (χ1n) is 6.81. The smallest absolute Gasteiger partial charge is 0.314 e. The number of rotatable bonds is 6. The van der Waals surface area contributed by atoms with Crippen LogP contribution < -0.4 is 16.0 Å². The number of aliphatic carboxylic acids is 1. The molecule has 0 aromatic rings. The van der Waals surface area contributed by atoms with E-state index in [-0.39, 0.29) is 12.6 Å². The standard InChI is InChI=1S/C12H22N4O3/c17-10(18)12(1-2-12)9-15-11(19)14-5-8-16-6-3-13-4-7-16/h13H,1-9H2,(H,17,18)(H2,14,15,19). The normalized spacial score (nSPS) is 21.7. The fourth-order valence-electron chi connectivity index (χ4n) is 2.19. The average molecular weight is 270 g/mol. The van der Waals surface area contributed by atoms with Crippen molar-refractivity contribution in [2.45, 2.75) is 12.8 Å². The molecular weight excluding hydrogens is 248 g/mol. The fraction of sp³-hybridized carbons (Fsp3) is 0.833. The number of nitrogens with one attached hydrogen (secondary N) is 3. The van der Waals surface area contributed by atoms with Crippen molar-refractivity contribution < 1.29 is 14.7 Å². The van der Waals surface area contributed by atoms with Crippen LogP contribution in [0, 0.1) is 5.41 Å². The summed E-state index contributed by atoms with van der Waals surface area (Å²) in [5, 5.41) is 17.7. The molecular formula is C12H22N4O3. The van der Waals surface area contributed by atoms with Gasteiger partial charge in [-0.2, -0.15) is 0 Å². The van der Waals surface area contributed by atoms with Gasteiger partial charge in [0.25, 0.3) is 0 Å². The molecule has 1 saturated heterocycles. The Morgan fingerprint density at radius 1 is 1.21 bits per heavy atom. The van der Waals surface area contributed by atoms with Gasteiger partial charge in [0.15, 0.2) is 0 Å². The van der Waals surface area contributed by atoms with Crippen LogP contribution in [0.15, 0.2) is 0 Å². The lowest BCUT2D eigenvalue weighted by atomic mass is 10.1. The Labute approximate surface area is 112 Å². The summed E-state index contributed by atoms with van der Waals surface area (Å²) in [4.78, 5) is 24.8. The zero-order valence-corrected chi connectivity index (χ0v) is 11.1. The second-order valence-corrected chi connectivity index (χ2v) is 5.29. The van der Waals surface area contributed by atoms with Crippen LogP contribution in [0.3, 0.4) is 0 Å². The Kier molecular flexibility index (Phi) is 4.60. The summed E-state index contributed by atoms with van der Waals surface area (Å²) in [5.74, 6) is -0.811. The molecule has 0 aromatic heterocycles. The van der Waals surface area contributed by atoms with Crippen LogP contribution in [0.4, 0.5) is 4.79 Å². The van der Waals surface area contributed by atoms with Crippen molar-refractivity contribution in [3.8, 4) is 0 Å². The lowest BCUT2D eigenvalue weighted by molar-refractivity contribution is -0.143. The number of carboxylic acids is 1. The van der Waals surface area contributed by atoms with E-state index in [1.807, 2.05) is 0 Å². The second kappa shape index (κ2) is 6.21. The topological polar surface area (TPSA) is 93.7 Å². The molecule has 19 heavy (non-hydrogen) atoms. The predicted molar refractivity (Wildman–Crippen MR) is 70.0 cm³/mol. The molecule has 0 atom stereocenters. The van der Waals surface area contributed by atoms with Gasteiger partial charge in [-0.15, -0.1) is 0 Å². The van der Waals surface area contributed by atoms with Crippen molar-refractivity contribution in [3.63, 3.8) is 0 Å². The minimum Gasteiger partial charge on any atom is -0.481 e. The summed E-state index contributed by atoms with van der Waals surface area (Å²) < 4.78 is 0. The summed E-state index contributed by atoms with van der Waals surface area (Å²) in [7, 11) is 0. The average Bonchev–Trinajstić information content (AvgIpc) is 3.19. The van der Waals surface area contributed by atoms with Gasteiger partial charge in [-0.05, 0) is 12.8 Å². The molecule has 1 heterocycles. The first-order chi connectivity index (χ1) is 9.12. The summed E-state index contributed by atoms with van der Waals surface area (Å²) in [6, 6.07) is -0.275. The van der Waals surface area contributed by atoms with Crippen molar-refractivity contribution >= 4 is 12.0 Å². The fourth-order valence-corrected chi connectivity index (χ4v) is 2.19. The molecule has 108 valence electrons. The van der Waals surface area contributed by atoms with Gasteiger partial charge >= 0.3 is 12.0 Å². The molecule has 2 aliphatic rings. The van der Waals surface area contributed by atoms with Gasteiger partial charge in [-0.3, -0.25) is 9.69 Å². The van der Waals surface area contributed by atoms with E-state index in [1.54, 1.807) is 0 Å². The van der Waals surface area contributed by atoms with Gasteiger partial charge in [0.2, 0.25) is 0 Å². The van der Waals surface area contributed by atoms with Gasteiger partial charge in [-0.1, -0.05) is 0 Å². The molecule has 0 unspecified atom stereocenters. The summed E-state index contributed by atoms with van der Waals surface area (Å²) in [6.45, 7) is 5.64. The molecule has 7 heteroatoms. The maximum atomic E-state index is 11.5. The Morgan fingerprint density at radius 2 is 1.89 bits per heavy atom. The van der Waals surface area contributed by atoms with Gasteiger partial charge in [-0.25, -0.2) is 4.79 Å². The van der Waals surface area contributed by atoms with Crippen molar-refractivity contribution in [2.75, 3.05) is 45.8 Å². The van der Waals surface area contributed by atoms with Crippen molar-refractivity contribution in [3.05, 3.63) is 0 Å². The van der Waals surface area contributed by atoms with E-state index >= 15 is 0 Å². The number of nitrogens with zero attached hydrogens (tertiary/aromatic N) is 1. The Bertz CT molecular complexity index is 338. The van der Waals surface area contributed by atoms with Gasteiger partial charge in [0.1, 0.15) is 0 Å². The number of carbonyl (C=O) groups is 2. The molecule has 4 N–H and O–H groups in total. The third-order valence-electron chi connectivity index (χ3n) is 3.82. The minimum atomic E-state index is -0.811. The molecule has 0 aromatic carbocycles. The highest BCUT2D eigenvalue weighted by atomic mass is 16.4. The van der Waals surface area contributed by atoms with Crippen LogP contribution in [0.5, 0.6) is 0 Å². The molecule has 2 rings (SSSR count). The summed E-state index contributed by atoms with van der Waals surface area (Å²) >= 11 is 0. The van der Waals surface area contributed by atoms with Crippen molar-refractivity contribution in [1.82, 2.24) is 20.9 Å². The maximum absolute atomic E-state index is 11.5. The van der Waals surface area contributed by atoms with E-state index in [0.29, 0.717) is 19.4 Å². The Hall–Kier alpha value is -1.34. The van der Waals surface area contributed by atoms with E-state index in [4.69, 9.17) is 5.11 Å². The molecule has 1 aliphatic carbocycles. The number of carboxylic acid groups (broad SMARTS) is 1. The van der Waals surface area contributed by atoms with Gasteiger partial charge < -0.3 is 21.1 Å². The Balaban J connectivity index is 1.56. The lowest BCUT2D eigenvalue weighted by Gasteiger charge is -2.27. The SMILES string of the molecule is O=C(NCCN1CCNCC1)NCC1(C(=O)O)CC1. The highest BCUT2D eigenvalue weighted by molar-refractivity contribution is 5.80. The first-order valence-corrected chi connectivity index (χ1v) is 6.81. The number of hydrogen-bond acceptors (Lipinski definition) is 4. The van der Waals surface area contributed by atoms with Crippen LogP contribution in [-0.2, 0) is 4.79 Å². The molecule has 0 bridgehead atoms. The zero-order chi connectivity index (χ0) is 13.7. The van der Waals surface area contributed by atoms with Crippen LogP contribution in [0.2, 0.25) is 0 Å². The maximum Gasteiger partial charge on any atom is 0.314 e. The van der Waals surface area contributed by atoms with E-state index < -0.39 is 11.4 Å². The largest absolute Gasteiger partial charge is 0.481 e. The Morgan fingerprint density at radius 3 is 2.47 bits per heavy atom. The molecule has 2 fully saturated rings. The lowest BCUT2D eigenvalue weighted by Crippen LogP contribution is -2.47. The third kappa shape index (κ3) is 4.07. The van der Waals surface area contributed by atoms with Crippen molar-refractivity contribution in [2.24, 2.45) is 5.41 Å². The summed E-state index contributed by atoms with van der Waals surface area (Å²) in [6.07, 6.45) is 1.31. The van der Waals surface area contributed by atoms with Gasteiger partial charge in [0, 0.05) is 45.8 Å². The molecule has 2 amide bonds. The van der Waals surface area contributed by atoms with Crippen molar-refractivity contribution in [1.29, 1.82) is 0 Å². The molecule has 1 aliphatic heterocycles. The van der Waals surface area contributed by atoms with E-state index in [1.165, 1.54) is 0 Å². The van der Waals surface area contributed by atoms with E-state index in [0.717, 1.165) is 32.7 Å². The monoisotopic (exact) mass is 270 g/mol. The zero-order valence-electron chi connectivity index (χ0n) is 11.1. The van der Waals surface area contributed by atoms with Gasteiger partial charge in [0.05, 0.1) is 5.41 Å². The molecule has 1 saturated carbocycles. The third-order valence-corrected chi connectivity index (χ3v) is 3.82. The van der Waals surface area contributed by atoms with Crippen LogP contribution in [-0.4, -0.2) is 67.8 Å². The van der Waals surface area contributed by atoms with E-state index in [9.17, 15) is 9.59 Å². The quantitative estimate of drug-likeness (QED) is 0.499. The molecule has 7 nitrogen and oxygen atoms in total. The highest BCUT2D eigenvalue weighted by Crippen LogP contribution is 2.45. The summed E-state index contributed by atoms with van der Waals surface area (Å²) in [5.41, 5.74) is -0.699. The highest BCUT2D eigenvalue weighted by Gasteiger charge is 2.50. The first kappa shape index (κ1) is 14.1. The number of piperazine rings is 1. The number of hydrogen-bond donors (Lipinski definition) is 4. The van der Waals surface area contributed by atoms with E-state index in [2.05, 4.69) is 20.9 Å². The minimum absolute atomic E-state index is 0.224. The van der Waals surface area contributed by atoms with Crippen LogP contribution in [0.25, 0.3) is 0 Å². The number of carbonyl (C=O) groups excluding carboxylic acids is 1. The van der Waals surface area contributed by atoms with Crippen LogP contribution in [0.1, 0.15) is 12.8 Å². The van der Waals surface area contributed by atoms with Crippen LogP contribution >= 0.6 is 0 Å².